The molecule has 0 radical (unpaired) electrons. The van der Waals surface area contributed by atoms with Gasteiger partial charge in [0, 0.05) is 0 Å². The van der Waals surface area contributed by atoms with Gasteiger partial charge in [-0.2, -0.15) is 30.3 Å². The van der Waals surface area contributed by atoms with E-state index in [-0.39, 0.29) is 25.0 Å². The summed E-state index contributed by atoms with van der Waals surface area (Å²) >= 11 is 0. The summed E-state index contributed by atoms with van der Waals surface area (Å²) in [6.07, 6.45) is 1.35. The zero-order chi connectivity index (χ0) is 25.0. The monoisotopic (exact) mass is 544 g/mol. The van der Waals surface area contributed by atoms with Gasteiger partial charge in [0.2, 0.25) is 0 Å². The summed E-state index contributed by atoms with van der Waals surface area (Å²) in [5, 5.41) is 5.27. The van der Waals surface area contributed by atoms with E-state index in [0.29, 0.717) is 10.3 Å². The molecule has 0 bridgehead atoms. The van der Waals surface area contributed by atoms with Gasteiger partial charge in [0.05, 0.1) is 0 Å². The Morgan fingerprint density at radius 1 is 0.600 bits per heavy atom. The van der Waals surface area contributed by atoms with Gasteiger partial charge in [-0.15, -0.1) is 5.30 Å². The van der Waals surface area contributed by atoms with Crippen molar-refractivity contribution in [1.29, 1.82) is 0 Å². The third kappa shape index (κ3) is 11.0. The average Bonchev–Trinajstić information content (AvgIpc) is 3.52. The second-order valence-corrected chi connectivity index (χ2v) is 16.6. The maximum Gasteiger partial charge on any atom is 2.00 e. The summed E-state index contributed by atoms with van der Waals surface area (Å²) in [5.74, 6) is 0. The molecule has 0 N–H and O–H groups in total. The molecule has 4 aromatic carbocycles. The summed E-state index contributed by atoms with van der Waals surface area (Å²) in [7, 11) is -0.249. The van der Waals surface area contributed by atoms with E-state index in [1.54, 1.807) is 0 Å². The predicted octanol–water partition coefficient (Wildman–Crippen LogP) is 8.65. The van der Waals surface area contributed by atoms with E-state index in [9.17, 15) is 0 Å². The SMILES string of the molecule is CCP(C(C)(C)C)C(C)(C)C.[Fe+2].c1cc[cH-]c1.c1ccc(P(c2ccccc2)c2ccc[cH-]2)cc1. The van der Waals surface area contributed by atoms with Crippen LogP contribution in [-0.2, 0) is 17.1 Å². The quantitative estimate of drug-likeness (QED) is 0.137. The van der Waals surface area contributed by atoms with Crippen molar-refractivity contribution < 1.29 is 17.1 Å². The number of rotatable bonds is 4. The van der Waals surface area contributed by atoms with Crippen LogP contribution in [0.5, 0.6) is 0 Å². The molecule has 3 heteroatoms. The molecule has 4 rings (SSSR count). The zero-order valence-corrected chi connectivity index (χ0v) is 25.3. The Morgan fingerprint density at radius 2 is 1.06 bits per heavy atom. The van der Waals surface area contributed by atoms with Crippen LogP contribution in [0.4, 0.5) is 0 Å². The largest absolute Gasteiger partial charge is 2.00 e. The van der Waals surface area contributed by atoms with Gasteiger partial charge >= 0.3 is 17.1 Å². The molecule has 0 atom stereocenters. The van der Waals surface area contributed by atoms with Gasteiger partial charge in [-0.05, 0) is 35.0 Å². The van der Waals surface area contributed by atoms with Crippen LogP contribution in [0.25, 0.3) is 0 Å². The normalized spacial score (nSPS) is 11.1. The Labute approximate surface area is 228 Å². The molecule has 188 valence electrons. The third-order valence-corrected chi connectivity index (χ3v) is 11.7. The van der Waals surface area contributed by atoms with Crippen molar-refractivity contribution in [2.45, 2.75) is 58.8 Å². The van der Waals surface area contributed by atoms with Gasteiger partial charge in [-0.25, -0.2) is 24.3 Å². The number of hydrogen-bond acceptors (Lipinski definition) is 0. The van der Waals surface area contributed by atoms with E-state index in [2.05, 4.69) is 133 Å². The summed E-state index contributed by atoms with van der Waals surface area (Å²) in [6, 6.07) is 40.2. The van der Waals surface area contributed by atoms with Crippen molar-refractivity contribution in [3.63, 3.8) is 0 Å². The van der Waals surface area contributed by atoms with Gasteiger partial charge in [0.1, 0.15) is 0 Å². The second kappa shape index (κ2) is 15.6. The summed E-state index contributed by atoms with van der Waals surface area (Å²) in [5.41, 5.74) is 0. The molecular weight excluding hydrogens is 502 g/mol. The standard InChI is InChI=1S/C17H14P.C10H23P.C5H5.Fe/c1-3-9-15(10-4-1)18(17-13-7-8-14-17)16-11-5-2-6-12-16;1-8-11(9(2,3)4)10(5,6)7;1-2-4-5-3-1;/h1-14H;8H2,1-7H3;1-5H;/q-1;;-1;+2. The van der Waals surface area contributed by atoms with Crippen molar-refractivity contribution in [1.82, 2.24) is 0 Å². The van der Waals surface area contributed by atoms with Gasteiger partial charge in [-0.3, -0.25) is 0 Å². The Kier molecular flexibility index (Phi) is 14.1. The number of benzene rings is 2. The van der Waals surface area contributed by atoms with Crippen molar-refractivity contribution >= 4 is 31.8 Å². The maximum absolute atomic E-state index is 2.37. The van der Waals surface area contributed by atoms with E-state index in [1.165, 1.54) is 22.1 Å². The molecule has 4 aromatic rings. The average molecular weight is 544 g/mol. The molecule has 0 amide bonds. The van der Waals surface area contributed by atoms with Crippen molar-refractivity contribution in [3.8, 4) is 0 Å². The van der Waals surface area contributed by atoms with Crippen LogP contribution in [0, 0.1) is 0 Å². The van der Waals surface area contributed by atoms with Crippen LogP contribution in [-0.4, -0.2) is 16.5 Å². The molecule has 0 aromatic heterocycles. The van der Waals surface area contributed by atoms with Gasteiger partial charge in [0.15, 0.2) is 0 Å². The summed E-state index contributed by atoms with van der Waals surface area (Å²) in [6.45, 7) is 16.5. The van der Waals surface area contributed by atoms with E-state index >= 15 is 0 Å². The third-order valence-electron chi connectivity index (χ3n) is 5.42. The number of hydrogen-bond donors (Lipinski definition) is 0. The van der Waals surface area contributed by atoms with Crippen molar-refractivity contribution in [3.05, 3.63) is 115 Å². The molecule has 0 aliphatic rings. The Bertz CT molecular complexity index is 922. The molecule has 0 saturated heterocycles. The zero-order valence-electron chi connectivity index (χ0n) is 22.4. The van der Waals surface area contributed by atoms with Crippen LogP contribution in [0.15, 0.2) is 115 Å². The summed E-state index contributed by atoms with van der Waals surface area (Å²) < 4.78 is 0. The van der Waals surface area contributed by atoms with E-state index < -0.39 is 7.92 Å². The molecule has 0 fully saturated rings. The first-order valence-corrected chi connectivity index (χ1v) is 15.1. The Morgan fingerprint density at radius 3 is 1.31 bits per heavy atom. The molecule has 0 spiro atoms. The molecular formula is C32H42FeP2. The minimum absolute atomic E-state index is 0. The van der Waals surface area contributed by atoms with Crippen LogP contribution in [0.2, 0.25) is 0 Å². The van der Waals surface area contributed by atoms with Crippen LogP contribution >= 0.6 is 15.8 Å². The molecule has 35 heavy (non-hydrogen) atoms. The molecule has 0 saturated carbocycles. The van der Waals surface area contributed by atoms with Crippen LogP contribution < -0.4 is 15.9 Å². The Hall–Kier alpha value is -1.48. The Balaban J connectivity index is 0.000000308. The fraction of sp³-hybridized carbons (Fsp3) is 0.312. The predicted molar refractivity (Wildman–Crippen MR) is 160 cm³/mol. The summed E-state index contributed by atoms with van der Waals surface area (Å²) in [4.78, 5) is 0. The van der Waals surface area contributed by atoms with E-state index in [0.717, 1.165) is 0 Å². The van der Waals surface area contributed by atoms with Gasteiger partial charge < -0.3 is 0 Å². The second-order valence-electron chi connectivity index (χ2n) is 10.2. The minimum Gasteiger partial charge on any atom is -0.214 e. The van der Waals surface area contributed by atoms with E-state index in [1.807, 2.05) is 30.3 Å². The molecule has 0 nitrogen and oxygen atoms in total. The molecule has 0 aliphatic carbocycles. The molecule has 0 heterocycles. The first-order valence-electron chi connectivity index (χ1n) is 12.2. The topological polar surface area (TPSA) is 0 Å². The molecule has 0 unspecified atom stereocenters. The van der Waals surface area contributed by atoms with Gasteiger partial charge in [-0.1, -0.05) is 117 Å². The first-order chi connectivity index (χ1) is 16.1. The van der Waals surface area contributed by atoms with Crippen LogP contribution in [0.3, 0.4) is 0 Å². The van der Waals surface area contributed by atoms with E-state index in [4.69, 9.17) is 0 Å². The first kappa shape index (κ1) is 31.5. The minimum atomic E-state index is -0.409. The molecule has 0 aliphatic heterocycles. The maximum atomic E-state index is 2.37. The fourth-order valence-corrected chi connectivity index (χ4v) is 10.6. The van der Waals surface area contributed by atoms with Gasteiger partial charge in [0.25, 0.3) is 0 Å². The van der Waals surface area contributed by atoms with Crippen molar-refractivity contribution in [2.24, 2.45) is 0 Å². The van der Waals surface area contributed by atoms with Crippen LogP contribution in [0.1, 0.15) is 48.5 Å². The van der Waals surface area contributed by atoms with Crippen molar-refractivity contribution in [2.75, 3.05) is 6.16 Å². The fourth-order valence-electron chi connectivity index (χ4n) is 4.39. The smallest absolute Gasteiger partial charge is 0.214 e.